The van der Waals surface area contributed by atoms with E-state index in [0.717, 1.165) is 18.5 Å². The molecule has 2 heteroatoms. The van der Waals surface area contributed by atoms with Crippen LogP contribution in [-0.4, -0.2) is 30.1 Å². The standard InChI is InChI=1S/C11H24N2/c1-4-11-6-5-10(3)13(8-11)7-9(2)12/h9-11H,4-8,12H2,1-3H3/t9-,10?,11?/m0/s1. The summed E-state index contributed by atoms with van der Waals surface area (Å²) in [6, 6.07) is 1.06. The van der Waals surface area contributed by atoms with Gasteiger partial charge in [-0.2, -0.15) is 0 Å². The third-order valence-corrected chi connectivity index (χ3v) is 3.21. The van der Waals surface area contributed by atoms with Gasteiger partial charge in [-0.1, -0.05) is 13.3 Å². The summed E-state index contributed by atoms with van der Waals surface area (Å²) in [7, 11) is 0. The molecule has 1 fully saturated rings. The highest BCUT2D eigenvalue weighted by atomic mass is 15.2. The number of nitrogens with two attached hydrogens (primary N) is 1. The molecule has 1 aliphatic heterocycles. The van der Waals surface area contributed by atoms with Gasteiger partial charge in [-0.25, -0.2) is 0 Å². The average molecular weight is 184 g/mol. The zero-order valence-electron chi connectivity index (χ0n) is 9.29. The zero-order chi connectivity index (χ0) is 9.84. The lowest BCUT2D eigenvalue weighted by molar-refractivity contribution is 0.111. The molecule has 13 heavy (non-hydrogen) atoms. The Balaban J connectivity index is 2.40. The van der Waals surface area contributed by atoms with Gasteiger partial charge in [-0.3, -0.25) is 4.90 Å². The minimum atomic E-state index is 0.318. The molecule has 0 bridgehead atoms. The number of hydrogen-bond acceptors (Lipinski definition) is 2. The molecular formula is C11H24N2. The topological polar surface area (TPSA) is 29.3 Å². The molecule has 1 aliphatic rings. The Morgan fingerprint density at radius 3 is 2.69 bits per heavy atom. The van der Waals surface area contributed by atoms with Crippen molar-refractivity contribution >= 4 is 0 Å². The lowest BCUT2D eigenvalue weighted by atomic mass is 9.91. The molecule has 0 aliphatic carbocycles. The first kappa shape index (κ1) is 11.0. The highest BCUT2D eigenvalue weighted by molar-refractivity contribution is 4.79. The van der Waals surface area contributed by atoms with Crippen LogP contribution in [0, 0.1) is 5.92 Å². The number of nitrogens with zero attached hydrogens (tertiary/aromatic N) is 1. The second-order valence-electron chi connectivity index (χ2n) is 4.63. The van der Waals surface area contributed by atoms with E-state index in [-0.39, 0.29) is 0 Å². The number of hydrogen-bond donors (Lipinski definition) is 1. The van der Waals surface area contributed by atoms with Gasteiger partial charge in [0.05, 0.1) is 0 Å². The summed E-state index contributed by atoms with van der Waals surface area (Å²) in [5.74, 6) is 0.912. The first-order valence-electron chi connectivity index (χ1n) is 5.63. The van der Waals surface area contributed by atoms with Crippen LogP contribution in [0.15, 0.2) is 0 Å². The summed E-state index contributed by atoms with van der Waals surface area (Å²) in [6.07, 6.45) is 4.08. The van der Waals surface area contributed by atoms with Crippen LogP contribution in [0.3, 0.4) is 0 Å². The van der Waals surface area contributed by atoms with Gasteiger partial charge in [-0.15, -0.1) is 0 Å². The first-order valence-corrected chi connectivity index (χ1v) is 5.63. The van der Waals surface area contributed by atoms with Crippen LogP contribution in [0.2, 0.25) is 0 Å². The molecule has 1 heterocycles. The molecule has 0 spiro atoms. The van der Waals surface area contributed by atoms with Gasteiger partial charge in [0.15, 0.2) is 0 Å². The maximum Gasteiger partial charge on any atom is 0.0139 e. The fraction of sp³-hybridized carbons (Fsp3) is 1.00. The average Bonchev–Trinajstić information content (AvgIpc) is 2.08. The molecule has 2 nitrogen and oxygen atoms in total. The highest BCUT2D eigenvalue weighted by Crippen LogP contribution is 2.23. The SMILES string of the molecule is CCC1CCC(C)N(C[C@H](C)N)C1. The summed E-state index contributed by atoms with van der Waals surface area (Å²) in [5, 5.41) is 0. The van der Waals surface area contributed by atoms with E-state index in [1.807, 2.05) is 0 Å². The number of likely N-dealkylation sites (tertiary alicyclic amines) is 1. The van der Waals surface area contributed by atoms with E-state index in [1.165, 1.54) is 25.8 Å². The summed E-state index contributed by atoms with van der Waals surface area (Å²) in [4.78, 5) is 2.56. The minimum absolute atomic E-state index is 0.318. The fourth-order valence-corrected chi connectivity index (χ4v) is 2.22. The normalized spacial score (nSPS) is 33.2. The smallest absolute Gasteiger partial charge is 0.0139 e. The van der Waals surface area contributed by atoms with Gasteiger partial charge in [0.2, 0.25) is 0 Å². The van der Waals surface area contributed by atoms with Crippen LogP contribution in [-0.2, 0) is 0 Å². The Bertz CT molecular complexity index is 145. The van der Waals surface area contributed by atoms with Gasteiger partial charge in [-0.05, 0) is 32.6 Å². The molecule has 0 aromatic rings. The van der Waals surface area contributed by atoms with Gasteiger partial charge in [0, 0.05) is 25.2 Å². The molecule has 3 atom stereocenters. The van der Waals surface area contributed by atoms with E-state index in [1.54, 1.807) is 0 Å². The highest BCUT2D eigenvalue weighted by Gasteiger charge is 2.24. The molecule has 0 aromatic carbocycles. The quantitative estimate of drug-likeness (QED) is 0.725. The largest absolute Gasteiger partial charge is 0.327 e. The van der Waals surface area contributed by atoms with Gasteiger partial charge < -0.3 is 5.73 Å². The Labute approximate surface area is 82.5 Å². The van der Waals surface area contributed by atoms with Crippen molar-refractivity contribution in [3.63, 3.8) is 0 Å². The van der Waals surface area contributed by atoms with Crippen LogP contribution in [0.1, 0.15) is 40.0 Å². The summed E-state index contributed by atoms with van der Waals surface area (Å²) in [5.41, 5.74) is 5.83. The fourth-order valence-electron chi connectivity index (χ4n) is 2.22. The van der Waals surface area contributed by atoms with E-state index in [0.29, 0.717) is 6.04 Å². The molecule has 0 radical (unpaired) electrons. The van der Waals surface area contributed by atoms with Crippen LogP contribution in [0.25, 0.3) is 0 Å². The summed E-state index contributed by atoms with van der Waals surface area (Å²) in [6.45, 7) is 9.05. The Morgan fingerprint density at radius 2 is 2.15 bits per heavy atom. The summed E-state index contributed by atoms with van der Waals surface area (Å²) < 4.78 is 0. The minimum Gasteiger partial charge on any atom is -0.327 e. The molecule has 0 aromatic heterocycles. The Kier molecular flexibility index (Phi) is 4.20. The van der Waals surface area contributed by atoms with Crippen molar-refractivity contribution in [2.24, 2.45) is 11.7 Å². The molecule has 78 valence electrons. The Hall–Kier alpha value is -0.0800. The summed E-state index contributed by atoms with van der Waals surface area (Å²) >= 11 is 0. The predicted molar refractivity (Wildman–Crippen MR) is 57.7 cm³/mol. The number of piperidine rings is 1. The van der Waals surface area contributed by atoms with Crippen molar-refractivity contribution in [1.82, 2.24) is 4.90 Å². The first-order chi connectivity index (χ1) is 6.13. The van der Waals surface area contributed by atoms with Crippen LogP contribution >= 0.6 is 0 Å². The molecule has 1 rings (SSSR count). The van der Waals surface area contributed by atoms with Crippen LogP contribution in [0.5, 0.6) is 0 Å². The molecule has 2 N–H and O–H groups in total. The molecular weight excluding hydrogens is 160 g/mol. The van der Waals surface area contributed by atoms with Crippen molar-refractivity contribution in [3.05, 3.63) is 0 Å². The zero-order valence-corrected chi connectivity index (χ0v) is 9.29. The lowest BCUT2D eigenvalue weighted by Gasteiger charge is -2.38. The van der Waals surface area contributed by atoms with Gasteiger partial charge >= 0.3 is 0 Å². The Morgan fingerprint density at radius 1 is 1.46 bits per heavy atom. The van der Waals surface area contributed by atoms with E-state index in [2.05, 4.69) is 25.7 Å². The second kappa shape index (κ2) is 4.97. The second-order valence-corrected chi connectivity index (χ2v) is 4.63. The van der Waals surface area contributed by atoms with Crippen molar-refractivity contribution in [3.8, 4) is 0 Å². The van der Waals surface area contributed by atoms with Crippen molar-refractivity contribution in [2.75, 3.05) is 13.1 Å². The molecule has 0 saturated carbocycles. The monoisotopic (exact) mass is 184 g/mol. The molecule has 0 amide bonds. The van der Waals surface area contributed by atoms with Crippen molar-refractivity contribution in [1.29, 1.82) is 0 Å². The van der Waals surface area contributed by atoms with E-state index in [4.69, 9.17) is 5.73 Å². The predicted octanol–water partition coefficient (Wildman–Crippen LogP) is 1.84. The maximum absolute atomic E-state index is 5.83. The van der Waals surface area contributed by atoms with Gasteiger partial charge in [0.25, 0.3) is 0 Å². The van der Waals surface area contributed by atoms with Crippen LogP contribution < -0.4 is 5.73 Å². The van der Waals surface area contributed by atoms with E-state index < -0.39 is 0 Å². The third-order valence-electron chi connectivity index (χ3n) is 3.21. The van der Waals surface area contributed by atoms with E-state index >= 15 is 0 Å². The van der Waals surface area contributed by atoms with Gasteiger partial charge in [0.1, 0.15) is 0 Å². The van der Waals surface area contributed by atoms with Crippen molar-refractivity contribution in [2.45, 2.75) is 52.1 Å². The third kappa shape index (κ3) is 3.28. The van der Waals surface area contributed by atoms with E-state index in [9.17, 15) is 0 Å². The lowest BCUT2D eigenvalue weighted by Crippen LogP contribution is -2.46. The van der Waals surface area contributed by atoms with Crippen molar-refractivity contribution < 1.29 is 0 Å². The van der Waals surface area contributed by atoms with Crippen LogP contribution in [0.4, 0.5) is 0 Å². The molecule has 2 unspecified atom stereocenters. The maximum atomic E-state index is 5.83. The number of rotatable bonds is 3. The molecule has 1 saturated heterocycles.